The van der Waals surface area contributed by atoms with Gasteiger partial charge < -0.3 is 14.8 Å². The van der Waals surface area contributed by atoms with Gasteiger partial charge in [0.15, 0.2) is 0 Å². The molecule has 0 saturated carbocycles. The molecule has 1 N–H and O–H groups in total. The lowest BCUT2D eigenvalue weighted by Crippen LogP contribution is -2.20. The first-order valence-corrected chi connectivity index (χ1v) is 8.02. The number of hydrogen-bond acceptors (Lipinski definition) is 3. The van der Waals surface area contributed by atoms with Crippen LogP contribution in [0.1, 0.15) is 33.3 Å². The van der Waals surface area contributed by atoms with Crippen molar-refractivity contribution in [2.24, 2.45) is 5.92 Å². The van der Waals surface area contributed by atoms with Crippen molar-refractivity contribution in [3.8, 4) is 5.75 Å². The molecule has 3 nitrogen and oxygen atoms in total. The quantitative estimate of drug-likeness (QED) is 0.687. The monoisotopic (exact) mass is 343 g/mol. The molecule has 0 atom stereocenters. The molecule has 0 fully saturated rings. The van der Waals surface area contributed by atoms with Gasteiger partial charge in [-0.15, -0.1) is 0 Å². The van der Waals surface area contributed by atoms with E-state index in [0.29, 0.717) is 19.1 Å². The summed E-state index contributed by atoms with van der Waals surface area (Å²) in [5.41, 5.74) is 1.17. The zero-order chi connectivity index (χ0) is 15.0. The number of benzene rings is 1. The average molecular weight is 344 g/mol. The first-order valence-electron chi connectivity index (χ1n) is 7.23. The molecular formula is C16H26BrNO2. The molecule has 0 saturated heterocycles. The molecule has 0 aliphatic carbocycles. The number of para-hydroxylation sites is 1. The highest BCUT2D eigenvalue weighted by Gasteiger charge is 2.08. The Bertz CT molecular complexity index is 394. The number of nitrogens with one attached hydrogen (secondary N) is 1. The minimum atomic E-state index is 0.241. The van der Waals surface area contributed by atoms with E-state index in [4.69, 9.17) is 9.47 Å². The Morgan fingerprint density at radius 2 is 1.90 bits per heavy atom. The van der Waals surface area contributed by atoms with Crippen molar-refractivity contribution in [2.75, 3.05) is 19.8 Å². The van der Waals surface area contributed by atoms with Crippen molar-refractivity contribution in [3.05, 3.63) is 28.2 Å². The molecule has 0 heterocycles. The van der Waals surface area contributed by atoms with Crippen LogP contribution in [0, 0.1) is 5.92 Å². The maximum atomic E-state index is 5.86. The number of ether oxygens (including phenoxy) is 2. The van der Waals surface area contributed by atoms with Gasteiger partial charge in [-0.3, -0.25) is 0 Å². The lowest BCUT2D eigenvalue weighted by atomic mass is 10.2. The van der Waals surface area contributed by atoms with Crippen LogP contribution in [-0.2, 0) is 11.3 Å². The summed E-state index contributed by atoms with van der Waals surface area (Å²) in [6.07, 6.45) is 0.241. The van der Waals surface area contributed by atoms with Gasteiger partial charge in [-0.05, 0) is 48.3 Å². The standard InChI is InChI=1S/C16H26BrNO2/c1-12(2)10-18-11-14-6-5-7-15(17)16(14)20-9-8-19-13(3)4/h5-7,12-13,18H,8-11H2,1-4H3. The normalized spacial score (nSPS) is 11.3. The highest BCUT2D eigenvalue weighted by Crippen LogP contribution is 2.29. The lowest BCUT2D eigenvalue weighted by molar-refractivity contribution is 0.0549. The first-order chi connectivity index (χ1) is 9.50. The molecule has 0 bridgehead atoms. The Kier molecular flexibility index (Phi) is 8.19. The van der Waals surface area contributed by atoms with Crippen LogP contribution in [0.4, 0.5) is 0 Å². The van der Waals surface area contributed by atoms with Crippen LogP contribution in [0.15, 0.2) is 22.7 Å². The lowest BCUT2D eigenvalue weighted by Gasteiger charge is -2.15. The summed E-state index contributed by atoms with van der Waals surface area (Å²) in [6.45, 7) is 11.5. The first kappa shape index (κ1) is 17.5. The van der Waals surface area contributed by atoms with E-state index in [-0.39, 0.29) is 6.10 Å². The summed E-state index contributed by atoms with van der Waals surface area (Å²) in [6, 6.07) is 6.13. The third kappa shape index (κ3) is 6.73. The fraction of sp³-hybridized carbons (Fsp3) is 0.625. The zero-order valence-electron chi connectivity index (χ0n) is 12.9. The molecule has 0 aromatic heterocycles. The molecule has 0 spiro atoms. The van der Waals surface area contributed by atoms with Crippen LogP contribution in [-0.4, -0.2) is 25.9 Å². The van der Waals surface area contributed by atoms with E-state index in [1.54, 1.807) is 0 Å². The highest BCUT2D eigenvalue weighted by molar-refractivity contribution is 9.10. The van der Waals surface area contributed by atoms with Gasteiger partial charge in [-0.25, -0.2) is 0 Å². The predicted octanol–water partition coefficient (Wildman–Crippen LogP) is 4.00. The molecule has 4 heteroatoms. The molecule has 1 rings (SSSR count). The largest absolute Gasteiger partial charge is 0.490 e. The smallest absolute Gasteiger partial charge is 0.138 e. The maximum Gasteiger partial charge on any atom is 0.138 e. The summed E-state index contributed by atoms with van der Waals surface area (Å²) in [4.78, 5) is 0. The molecule has 1 aromatic rings. The van der Waals surface area contributed by atoms with E-state index >= 15 is 0 Å². The summed E-state index contributed by atoms with van der Waals surface area (Å²) < 4.78 is 12.4. The van der Waals surface area contributed by atoms with Gasteiger partial charge in [0.25, 0.3) is 0 Å². The van der Waals surface area contributed by atoms with E-state index in [2.05, 4.69) is 41.2 Å². The van der Waals surface area contributed by atoms with Crippen LogP contribution in [0.5, 0.6) is 5.75 Å². The van der Waals surface area contributed by atoms with Gasteiger partial charge in [0.2, 0.25) is 0 Å². The maximum absolute atomic E-state index is 5.86. The van der Waals surface area contributed by atoms with Crippen molar-refractivity contribution in [3.63, 3.8) is 0 Å². The van der Waals surface area contributed by atoms with Gasteiger partial charge in [-0.2, -0.15) is 0 Å². The van der Waals surface area contributed by atoms with Gasteiger partial charge in [0.1, 0.15) is 12.4 Å². The van der Waals surface area contributed by atoms with Crippen LogP contribution in [0.25, 0.3) is 0 Å². The van der Waals surface area contributed by atoms with Crippen LogP contribution in [0.3, 0.4) is 0 Å². The average Bonchev–Trinajstić information content (AvgIpc) is 2.36. The second kappa shape index (κ2) is 9.37. The van der Waals surface area contributed by atoms with E-state index in [0.717, 1.165) is 23.3 Å². The molecule has 0 unspecified atom stereocenters. The van der Waals surface area contributed by atoms with Gasteiger partial charge in [0.05, 0.1) is 17.2 Å². The van der Waals surface area contributed by atoms with Crippen LogP contribution in [0.2, 0.25) is 0 Å². The number of rotatable bonds is 9. The Labute approximate surface area is 131 Å². The summed E-state index contributed by atoms with van der Waals surface area (Å²) in [7, 11) is 0. The molecule has 20 heavy (non-hydrogen) atoms. The topological polar surface area (TPSA) is 30.5 Å². The van der Waals surface area contributed by atoms with Gasteiger partial charge in [-0.1, -0.05) is 26.0 Å². The summed E-state index contributed by atoms with van der Waals surface area (Å²) in [5, 5.41) is 3.45. The van der Waals surface area contributed by atoms with E-state index in [1.807, 2.05) is 26.0 Å². The van der Waals surface area contributed by atoms with Crippen molar-refractivity contribution in [1.82, 2.24) is 5.32 Å². The fourth-order valence-electron chi connectivity index (χ4n) is 1.78. The van der Waals surface area contributed by atoms with Gasteiger partial charge >= 0.3 is 0 Å². The molecule has 0 aliphatic heterocycles. The minimum Gasteiger partial charge on any atom is -0.490 e. The van der Waals surface area contributed by atoms with Crippen molar-refractivity contribution in [2.45, 2.75) is 40.3 Å². The Balaban J connectivity index is 2.54. The van der Waals surface area contributed by atoms with Gasteiger partial charge in [0, 0.05) is 12.1 Å². The zero-order valence-corrected chi connectivity index (χ0v) is 14.5. The van der Waals surface area contributed by atoms with E-state index < -0.39 is 0 Å². The second-order valence-corrected chi connectivity index (χ2v) is 6.38. The highest BCUT2D eigenvalue weighted by atomic mass is 79.9. The van der Waals surface area contributed by atoms with Crippen LogP contribution >= 0.6 is 15.9 Å². The third-order valence-corrected chi connectivity index (χ3v) is 3.32. The van der Waals surface area contributed by atoms with Crippen molar-refractivity contribution in [1.29, 1.82) is 0 Å². The van der Waals surface area contributed by atoms with Crippen LogP contribution < -0.4 is 10.1 Å². The summed E-state index contributed by atoms with van der Waals surface area (Å²) >= 11 is 3.56. The van der Waals surface area contributed by atoms with E-state index in [9.17, 15) is 0 Å². The number of halogens is 1. The van der Waals surface area contributed by atoms with Crippen molar-refractivity contribution >= 4 is 15.9 Å². The number of hydrogen-bond donors (Lipinski definition) is 1. The minimum absolute atomic E-state index is 0.241. The summed E-state index contributed by atoms with van der Waals surface area (Å²) in [5.74, 6) is 1.56. The Morgan fingerprint density at radius 1 is 1.15 bits per heavy atom. The molecule has 0 amide bonds. The van der Waals surface area contributed by atoms with E-state index in [1.165, 1.54) is 5.56 Å². The fourth-order valence-corrected chi connectivity index (χ4v) is 2.30. The molecular weight excluding hydrogens is 318 g/mol. The molecule has 0 radical (unpaired) electrons. The second-order valence-electron chi connectivity index (χ2n) is 5.52. The molecule has 114 valence electrons. The molecule has 0 aliphatic rings. The molecule has 1 aromatic carbocycles. The Hall–Kier alpha value is -0.580. The third-order valence-electron chi connectivity index (χ3n) is 2.70. The Morgan fingerprint density at radius 3 is 2.55 bits per heavy atom. The SMILES string of the molecule is CC(C)CNCc1cccc(Br)c1OCCOC(C)C. The predicted molar refractivity (Wildman–Crippen MR) is 87.3 cm³/mol. The van der Waals surface area contributed by atoms with Crippen molar-refractivity contribution < 1.29 is 9.47 Å².